The van der Waals surface area contributed by atoms with E-state index < -0.39 is 0 Å². The maximum absolute atomic E-state index is 2.38. The zero-order valence-corrected chi connectivity index (χ0v) is 18.1. The van der Waals surface area contributed by atoms with E-state index in [-0.39, 0.29) is 0 Å². The smallest absolute Gasteiger partial charge is 0.0540 e. The molecule has 7 rings (SSSR count). The third kappa shape index (κ3) is 2.79. The minimum Gasteiger partial charge on any atom is -0.310 e. The fourth-order valence-electron chi connectivity index (χ4n) is 5.15. The van der Waals surface area contributed by atoms with Gasteiger partial charge in [-0.2, -0.15) is 0 Å². The van der Waals surface area contributed by atoms with E-state index in [1.165, 1.54) is 49.5 Å². The molecule has 1 heteroatoms. The Kier molecular flexibility index (Phi) is 3.91. The van der Waals surface area contributed by atoms with Gasteiger partial charge in [0, 0.05) is 16.8 Å². The van der Waals surface area contributed by atoms with Crippen LogP contribution >= 0.6 is 0 Å². The van der Waals surface area contributed by atoms with Crippen molar-refractivity contribution in [2.24, 2.45) is 0 Å². The van der Waals surface area contributed by atoms with Crippen LogP contribution in [0.2, 0.25) is 0 Å². The molecule has 0 heterocycles. The number of nitrogens with zero attached hydrogens (tertiary/aromatic N) is 1. The second-order valence-electron chi connectivity index (χ2n) is 8.65. The normalized spacial score (nSPS) is 11.6. The molecule has 6 aromatic rings. The average Bonchev–Trinajstić information content (AvgIpc) is 2.88. The predicted octanol–water partition coefficient (Wildman–Crippen LogP) is 9.11. The van der Waals surface area contributed by atoms with Crippen LogP contribution in [0.15, 0.2) is 127 Å². The topological polar surface area (TPSA) is 3.24 Å². The molecule has 0 saturated heterocycles. The summed E-state index contributed by atoms with van der Waals surface area (Å²) in [5, 5.41) is 5.13. The number of hydrogen-bond donors (Lipinski definition) is 0. The highest BCUT2D eigenvalue weighted by atomic mass is 15.1. The van der Waals surface area contributed by atoms with E-state index in [4.69, 9.17) is 0 Å². The Balaban J connectivity index is 1.46. The van der Waals surface area contributed by atoms with Gasteiger partial charge in [0.1, 0.15) is 0 Å². The van der Waals surface area contributed by atoms with Gasteiger partial charge in [0.05, 0.1) is 5.69 Å². The number of hydrogen-bond acceptors (Lipinski definition) is 1. The summed E-state index contributed by atoms with van der Waals surface area (Å²) in [6.45, 7) is 0. The SMILES string of the molecule is c1ccc(N(c2ccccc2)c2cccc3cc4c(cc23)-c2cc3ccccc3cc2-4)cc1. The standard InChI is InChI=1S/C32H21N/c1-3-13-25(14-4-1)33(26-15-5-2-6-16-26)32-17-9-12-24-20-30-28-18-22-10-7-8-11-23(22)19-29(28)31(30)21-27(24)32/h1-21H. The Bertz CT molecular complexity index is 1610. The third-order valence-electron chi connectivity index (χ3n) is 6.73. The largest absolute Gasteiger partial charge is 0.310 e. The highest BCUT2D eigenvalue weighted by molar-refractivity contribution is 6.14. The Morgan fingerprint density at radius 1 is 0.364 bits per heavy atom. The van der Waals surface area contributed by atoms with Crippen LogP contribution in [0, 0.1) is 0 Å². The van der Waals surface area contributed by atoms with E-state index in [1.807, 2.05) is 0 Å². The van der Waals surface area contributed by atoms with Gasteiger partial charge in [0.15, 0.2) is 0 Å². The second kappa shape index (κ2) is 7.08. The molecule has 1 aliphatic rings. The zero-order valence-electron chi connectivity index (χ0n) is 18.1. The van der Waals surface area contributed by atoms with Crippen LogP contribution in [-0.4, -0.2) is 0 Å². The van der Waals surface area contributed by atoms with E-state index in [9.17, 15) is 0 Å². The molecule has 0 amide bonds. The molecule has 0 saturated carbocycles. The van der Waals surface area contributed by atoms with Crippen LogP contribution in [-0.2, 0) is 0 Å². The van der Waals surface area contributed by atoms with Gasteiger partial charge in [-0.15, -0.1) is 0 Å². The molecule has 1 aliphatic carbocycles. The maximum Gasteiger partial charge on any atom is 0.0540 e. The lowest BCUT2D eigenvalue weighted by molar-refractivity contribution is 1.30. The Hall–Kier alpha value is -4.36. The highest BCUT2D eigenvalue weighted by Crippen LogP contribution is 2.51. The molecule has 1 nitrogen and oxygen atoms in total. The fourth-order valence-corrected chi connectivity index (χ4v) is 5.15. The molecule has 154 valence electrons. The molecular weight excluding hydrogens is 398 g/mol. The summed E-state index contributed by atoms with van der Waals surface area (Å²) in [5.74, 6) is 0. The van der Waals surface area contributed by atoms with Crippen LogP contribution in [0.3, 0.4) is 0 Å². The highest BCUT2D eigenvalue weighted by Gasteiger charge is 2.25. The van der Waals surface area contributed by atoms with Gasteiger partial charge in [-0.1, -0.05) is 72.8 Å². The van der Waals surface area contributed by atoms with Crippen LogP contribution in [0.1, 0.15) is 0 Å². The molecule has 0 radical (unpaired) electrons. The summed E-state index contributed by atoms with van der Waals surface area (Å²) < 4.78 is 0. The lowest BCUT2D eigenvalue weighted by Crippen LogP contribution is -2.10. The zero-order chi connectivity index (χ0) is 21.8. The summed E-state index contributed by atoms with van der Waals surface area (Å²) in [7, 11) is 0. The molecule has 0 fully saturated rings. The van der Waals surface area contributed by atoms with Crippen molar-refractivity contribution in [2.45, 2.75) is 0 Å². The van der Waals surface area contributed by atoms with Crippen LogP contribution in [0.5, 0.6) is 0 Å². The fraction of sp³-hybridized carbons (Fsp3) is 0. The summed E-state index contributed by atoms with van der Waals surface area (Å²) in [6, 6.07) is 45.9. The van der Waals surface area contributed by atoms with Crippen molar-refractivity contribution in [3.63, 3.8) is 0 Å². The van der Waals surface area contributed by atoms with Crippen molar-refractivity contribution >= 4 is 38.6 Å². The van der Waals surface area contributed by atoms with Gasteiger partial charge in [-0.05, 0) is 93.0 Å². The third-order valence-corrected chi connectivity index (χ3v) is 6.73. The van der Waals surface area contributed by atoms with Gasteiger partial charge in [0.2, 0.25) is 0 Å². The summed E-state index contributed by atoms with van der Waals surface area (Å²) >= 11 is 0. The van der Waals surface area contributed by atoms with Gasteiger partial charge in [-0.3, -0.25) is 0 Å². The van der Waals surface area contributed by atoms with Crippen LogP contribution in [0.25, 0.3) is 43.8 Å². The van der Waals surface area contributed by atoms with Crippen molar-refractivity contribution in [3.05, 3.63) is 127 Å². The van der Waals surface area contributed by atoms with E-state index in [2.05, 4.69) is 132 Å². The van der Waals surface area contributed by atoms with Crippen molar-refractivity contribution in [1.82, 2.24) is 0 Å². The van der Waals surface area contributed by atoms with Crippen LogP contribution in [0.4, 0.5) is 17.1 Å². The van der Waals surface area contributed by atoms with E-state index in [0.717, 1.165) is 11.4 Å². The lowest BCUT2D eigenvalue weighted by Gasteiger charge is -2.29. The predicted molar refractivity (Wildman–Crippen MR) is 141 cm³/mol. The quantitative estimate of drug-likeness (QED) is 0.276. The van der Waals surface area contributed by atoms with Gasteiger partial charge < -0.3 is 4.90 Å². The number of benzene rings is 6. The summed E-state index contributed by atoms with van der Waals surface area (Å²) in [4.78, 5) is 2.36. The second-order valence-corrected chi connectivity index (χ2v) is 8.65. The molecule has 0 aromatic heterocycles. The lowest BCUT2D eigenvalue weighted by atomic mass is 9.78. The molecule has 0 aliphatic heterocycles. The minimum absolute atomic E-state index is 1.16. The van der Waals surface area contributed by atoms with Crippen molar-refractivity contribution < 1.29 is 0 Å². The molecule has 0 bridgehead atoms. The van der Waals surface area contributed by atoms with Crippen molar-refractivity contribution in [1.29, 1.82) is 0 Å². The van der Waals surface area contributed by atoms with E-state index in [1.54, 1.807) is 0 Å². The van der Waals surface area contributed by atoms with Gasteiger partial charge in [0.25, 0.3) is 0 Å². The number of anilines is 3. The average molecular weight is 420 g/mol. The molecule has 0 unspecified atom stereocenters. The molecule has 0 spiro atoms. The molecule has 6 aromatic carbocycles. The molecule has 0 atom stereocenters. The monoisotopic (exact) mass is 419 g/mol. The Morgan fingerprint density at radius 3 is 1.39 bits per heavy atom. The first-order valence-corrected chi connectivity index (χ1v) is 11.4. The summed E-state index contributed by atoms with van der Waals surface area (Å²) in [6.07, 6.45) is 0. The first-order chi connectivity index (χ1) is 16.4. The van der Waals surface area contributed by atoms with E-state index in [0.29, 0.717) is 0 Å². The van der Waals surface area contributed by atoms with E-state index >= 15 is 0 Å². The first kappa shape index (κ1) is 18.2. The first-order valence-electron chi connectivity index (χ1n) is 11.4. The molecule has 0 N–H and O–H groups in total. The maximum atomic E-state index is 2.38. The number of para-hydroxylation sites is 2. The van der Waals surface area contributed by atoms with Crippen molar-refractivity contribution in [2.75, 3.05) is 4.90 Å². The Morgan fingerprint density at radius 2 is 0.818 bits per heavy atom. The minimum atomic E-state index is 1.16. The number of fused-ring (bicyclic) bond motifs is 6. The summed E-state index contributed by atoms with van der Waals surface area (Å²) in [5.41, 5.74) is 8.92. The van der Waals surface area contributed by atoms with Crippen LogP contribution < -0.4 is 4.90 Å². The molecule has 33 heavy (non-hydrogen) atoms. The Labute approximate surface area is 193 Å². The van der Waals surface area contributed by atoms with Crippen molar-refractivity contribution in [3.8, 4) is 22.3 Å². The van der Waals surface area contributed by atoms with Gasteiger partial charge >= 0.3 is 0 Å². The molecular formula is C32H21N. The van der Waals surface area contributed by atoms with Gasteiger partial charge in [-0.25, -0.2) is 0 Å². The number of rotatable bonds is 3.